The van der Waals surface area contributed by atoms with Crippen LogP contribution in [-0.2, 0) is 9.53 Å². The first-order chi connectivity index (χ1) is 15.8. The second-order valence-electron chi connectivity index (χ2n) is 7.95. The van der Waals surface area contributed by atoms with E-state index in [1.165, 1.54) is 12.1 Å². The number of fused-ring (bicyclic) bond motifs is 1. The van der Waals surface area contributed by atoms with Crippen molar-refractivity contribution in [2.45, 2.75) is 26.8 Å². The van der Waals surface area contributed by atoms with Crippen LogP contribution < -0.4 is 5.32 Å². The normalized spacial score (nSPS) is 11.1. The summed E-state index contributed by atoms with van der Waals surface area (Å²) in [5, 5.41) is 7.31. The molecule has 2 heterocycles. The minimum Gasteiger partial charge on any atom is -0.452 e. The number of halogens is 1. The predicted octanol–water partition coefficient (Wildman–Crippen LogP) is 4.92. The maximum absolute atomic E-state index is 14.0. The summed E-state index contributed by atoms with van der Waals surface area (Å²) in [5.41, 5.74) is 2.97. The van der Waals surface area contributed by atoms with Crippen LogP contribution in [0.4, 0.5) is 10.1 Å². The lowest BCUT2D eigenvalue weighted by atomic mass is 10.1. The van der Waals surface area contributed by atoms with Crippen molar-refractivity contribution in [2.75, 3.05) is 11.9 Å². The monoisotopic (exact) mass is 446 g/mol. The highest BCUT2D eigenvalue weighted by Gasteiger charge is 2.20. The Hall–Kier alpha value is -4.07. The van der Waals surface area contributed by atoms with Crippen molar-refractivity contribution >= 4 is 28.6 Å². The number of aromatic nitrogens is 3. The van der Waals surface area contributed by atoms with Crippen LogP contribution in [-0.4, -0.2) is 33.2 Å². The zero-order valence-electron chi connectivity index (χ0n) is 18.5. The highest BCUT2D eigenvalue weighted by molar-refractivity contribution is 6.04. The summed E-state index contributed by atoms with van der Waals surface area (Å²) in [6, 6.07) is 15.5. The number of ether oxygens (including phenoxy) is 1. The van der Waals surface area contributed by atoms with E-state index in [0.717, 1.165) is 11.1 Å². The zero-order chi connectivity index (χ0) is 23.5. The number of amides is 1. The van der Waals surface area contributed by atoms with Gasteiger partial charge in [0.25, 0.3) is 5.91 Å². The molecule has 7 nitrogen and oxygen atoms in total. The van der Waals surface area contributed by atoms with Gasteiger partial charge in [0.15, 0.2) is 12.3 Å². The molecule has 0 radical (unpaired) electrons. The third-order valence-electron chi connectivity index (χ3n) is 5.08. The number of anilines is 1. The third kappa shape index (κ3) is 4.74. The summed E-state index contributed by atoms with van der Waals surface area (Å²) < 4.78 is 21.0. The highest BCUT2D eigenvalue weighted by atomic mass is 19.1. The lowest BCUT2D eigenvalue weighted by Crippen LogP contribution is -2.21. The molecule has 0 bridgehead atoms. The minimum absolute atomic E-state index is 0.0255. The Bertz CT molecular complexity index is 1330. The summed E-state index contributed by atoms with van der Waals surface area (Å²) in [6.45, 7) is 5.12. The third-order valence-corrected chi connectivity index (χ3v) is 5.08. The van der Waals surface area contributed by atoms with Gasteiger partial charge in [-0.2, -0.15) is 5.10 Å². The van der Waals surface area contributed by atoms with Crippen molar-refractivity contribution in [2.24, 2.45) is 0 Å². The van der Waals surface area contributed by atoms with E-state index in [1.807, 2.05) is 44.2 Å². The Labute approximate surface area is 190 Å². The number of rotatable bonds is 6. The molecule has 168 valence electrons. The first kappa shape index (κ1) is 22.1. The number of nitrogens with one attached hydrogen (secondary N) is 1. The number of pyridine rings is 1. The van der Waals surface area contributed by atoms with Gasteiger partial charge >= 0.3 is 5.97 Å². The van der Waals surface area contributed by atoms with Crippen molar-refractivity contribution in [3.8, 4) is 11.3 Å². The van der Waals surface area contributed by atoms with E-state index >= 15 is 0 Å². The SMILES string of the molecule is Cc1ccc(NC(=O)COC(=O)c2cc(-c3ccccc3)nc3c2cnn3C(C)C)c(F)c1. The van der Waals surface area contributed by atoms with Crippen LogP contribution in [0, 0.1) is 12.7 Å². The Morgan fingerprint density at radius 1 is 1.12 bits per heavy atom. The molecule has 0 atom stereocenters. The van der Waals surface area contributed by atoms with Gasteiger partial charge in [-0.25, -0.2) is 18.9 Å². The van der Waals surface area contributed by atoms with E-state index in [0.29, 0.717) is 16.7 Å². The fraction of sp³-hybridized carbons (Fsp3) is 0.200. The average Bonchev–Trinajstić information content (AvgIpc) is 3.24. The standard InChI is InChI=1S/C25H23FN4O3/c1-15(2)30-24-19(13-27-30)18(12-22(29-24)17-7-5-4-6-8-17)25(32)33-14-23(31)28-21-10-9-16(3)11-20(21)26/h4-13,15H,14H2,1-3H3,(H,28,31). The Kier molecular flexibility index (Phi) is 6.17. The van der Waals surface area contributed by atoms with Gasteiger partial charge in [-0.15, -0.1) is 0 Å². The van der Waals surface area contributed by atoms with E-state index in [2.05, 4.69) is 10.4 Å². The van der Waals surface area contributed by atoms with Crippen molar-refractivity contribution in [3.63, 3.8) is 0 Å². The molecule has 0 saturated heterocycles. The number of carbonyl (C=O) groups is 2. The van der Waals surface area contributed by atoms with Crippen molar-refractivity contribution in [1.82, 2.24) is 14.8 Å². The van der Waals surface area contributed by atoms with E-state index < -0.39 is 24.3 Å². The molecular weight excluding hydrogens is 423 g/mol. The van der Waals surface area contributed by atoms with Crippen LogP contribution in [0.1, 0.15) is 35.8 Å². The maximum Gasteiger partial charge on any atom is 0.339 e. The summed E-state index contributed by atoms with van der Waals surface area (Å²) >= 11 is 0. The topological polar surface area (TPSA) is 86.1 Å². The average molecular weight is 446 g/mol. The molecule has 4 rings (SSSR count). The second-order valence-corrected chi connectivity index (χ2v) is 7.95. The first-order valence-electron chi connectivity index (χ1n) is 10.5. The summed E-state index contributed by atoms with van der Waals surface area (Å²) in [5.74, 6) is -1.89. The smallest absolute Gasteiger partial charge is 0.339 e. The molecule has 2 aromatic heterocycles. The van der Waals surface area contributed by atoms with E-state index in [9.17, 15) is 14.0 Å². The lowest BCUT2D eigenvalue weighted by Gasteiger charge is -2.11. The fourth-order valence-electron chi connectivity index (χ4n) is 3.44. The largest absolute Gasteiger partial charge is 0.452 e. The van der Waals surface area contributed by atoms with Crippen LogP contribution in [0.5, 0.6) is 0 Å². The molecule has 0 aliphatic rings. The molecule has 1 N–H and O–H groups in total. The fourth-order valence-corrected chi connectivity index (χ4v) is 3.44. The zero-order valence-corrected chi connectivity index (χ0v) is 18.5. The van der Waals surface area contributed by atoms with Gasteiger partial charge in [-0.3, -0.25) is 4.79 Å². The number of hydrogen-bond acceptors (Lipinski definition) is 5. The molecule has 0 saturated carbocycles. The molecule has 0 aliphatic heterocycles. The van der Waals surface area contributed by atoms with E-state index in [4.69, 9.17) is 9.72 Å². The highest BCUT2D eigenvalue weighted by Crippen LogP contribution is 2.27. The number of benzene rings is 2. The van der Waals surface area contributed by atoms with Crippen LogP contribution in [0.15, 0.2) is 60.8 Å². The predicted molar refractivity (Wildman–Crippen MR) is 123 cm³/mol. The molecular formula is C25H23FN4O3. The van der Waals surface area contributed by atoms with E-state index in [-0.39, 0.29) is 17.3 Å². The van der Waals surface area contributed by atoms with Gasteiger partial charge in [0.1, 0.15) is 5.82 Å². The molecule has 0 spiro atoms. The molecule has 8 heteroatoms. The van der Waals surface area contributed by atoms with Crippen molar-refractivity contribution < 1.29 is 18.7 Å². The lowest BCUT2D eigenvalue weighted by molar-refractivity contribution is -0.119. The second kappa shape index (κ2) is 9.20. The van der Waals surface area contributed by atoms with Gasteiger partial charge in [0.2, 0.25) is 0 Å². The van der Waals surface area contributed by atoms with Crippen LogP contribution in [0.25, 0.3) is 22.3 Å². The summed E-state index contributed by atoms with van der Waals surface area (Å²) in [4.78, 5) is 29.9. The summed E-state index contributed by atoms with van der Waals surface area (Å²) in [6.07, 6.45) is 1.56. The number of esters is 1. The molecule has 33 heavy (non-hydrogen) atoms. The first-order valence-corrected chi connectivity index (χ1v) is 10.5. The van der Waals surface area contributed by atoms with E-state index in [1.54, 1.807) is 29.9 Å². The van der Waals surface area contributed by atoms with Gasteiger partial charge in [0.05, 0.1) is 28.5 Å². The van der Waals surface area contributed by atoms with Crippen LogP contribution in [0.3, 0.4) is 0 Å². The molecule has 0 fully saturated rings. The van der Waals surface area contributed by atoms with Gasteiger partial charge in [-0.05, 0) is 44.5 Å². The molecule has 4 aromatic rings. The van der Waals surface area contributed by atoms with Gasteiger partial charge in [0, 0.05) is 11.6 Å². The maximum atomic E-state index is 14.0. The Morgan fingerprint density at radius 2 is 1.88 bits per heavy atom. The number of hydrogen-bond donors (Lipinski definition) is 1. The summed E-state index contributed by atoms with van der Waals surface area (Å²) in [7, 11) is 0. The Balaban J connectivity index is 1.60. The quantitative estimate of drug-likeness (QED) is 0.425. The van der Waals surface area contributed by atoms with Gasteiger partial charge in [-0.1, -0.05) is 36.4 Å². The molecule has 0 unspecified atom stereocenters. The van der Waals surface area contributed by atoms with Crippen LogP contribution in [0.2, 0.25) is 0 Å². The Morgan fingerprint density at radius 3 is 2.58 bits per heavy atom. The molecule has 0 aliphatic carbocycles. The molecule has 1 amide bonds. The molecule has 2 aromatic carbocycles. The number of nitrogens with zero attached hydrogens (tertiary/aromatic N) is 3. The number of aryl methyl sites for hydroxylation is 1. The van der Waals surface area contributed by atoms with Crippen LogP contribution >= 0.6 is 0 Å². The van der Waals surface area contributed by atoms with Crippen molar-refractivity contribution in [3.05, 3.63) is 77.7 Å². The van der Waals surface area contributed by atoms with Gasteiger partial charge < -0.3 is 10.1 Å². The minimum atomic E-state index is -0.692. The number of carbonyl (C=O) groups excluding carboxylic acids is 2. The van der Waals surface area contributed by atoms with Crippen molar-refractivity contribution in [1.29, 1.82) is 0 Å².